The third-order valence-electron chi connectivity index (χ3n) is 0.362. The van der Waals surface area contributed by atoms with E-state index in [4.69, 9.17) is 15.3 Å². The lowest BCUT2D eigenvalue weighted by Gasteiger charge is -1.85. The third kappa shape index (κ3) is 91.1. The predicted octanol–water partition coefficient (Wildman–Crippen LogP) is -0.816. The second kappa shape index (κ2) is 61.6. The summed E-state index contributed by atoms with van der Waals surface area (Å²) in [7, 11) is 2.00. The third-order valence-corrected chi connectivity index (χ3v) is 0.362. The van der Waals surface area contributed by atoms with E-state index in [1.807, 2.05) is 6.92 Å². The molecular formula is C5H18ClNO3. The molecule has 4 nitrogen and oxygen atoms in total. The van der Waals surface area contributed by atoms with E-state index >= 15 is 0 Å². The van der Waals surface area contributed by atoms with Gasteiger partial charge in [0, 0.05) is 14.2 Å². The van der Waals surface area contributed by atoms with Gasteiger partial charge in [-0.05, 0) is 6.54 Å². The molecule has 0 heterocycles. The van der Waals surface area contributed by atoms with Crippen molar-refractivity contribution in [1.29, 1.82) is 0 Å². The molecule has 0 unspecified atom stereocenters. The fourth-order valence-electron chi connectivity index (χ4n) is 0.112. The number of halogens is 1. The average Bonchev–Trinajstić information content (AvgIpc) is 1.98. The van der Waals surface area contributed by atoms with Gasteiger partial charge in [-0.25, -0.2) is 0 Å². The van der Waals surface area contributed by atoms with Gasteiger partial charge in [-0.1, -0.05) is 6.92 Å². The Hall–Kier alpha value is 0.130. The maximum atomic E-state index is 7.96. The molecule has 0 atom stereocenters. The summed E-state index contributed by atoms with van der Waals surface area (Å²) in [5.41, 5.74) is 0. The quantitative estimate of drug-likeness (QED) is 0.414. The highest BCUT2D eigenvalue weighted by atomic mass is 35.5. The fourth-order valence-corrected chi connectivity index (χ4v) is 0.112. The van der Waals surface area contributed by atoms with Crippen LogP contribution in [0.3, 0.4) is 0 Å². The molecule has 0 saturated carbocycles. The van der Waals surface area contributed by atoms with Gasteiger partial charge in [0.1, 0.15) is 0 Å². The lowest BCUT2D eigenvalue weighted by Crippen LogP contribution is -2.12. The Kier molecular flexibility index (Phi) is 138. The summed E-state index contributed by atoms with van der Waals surface area (Å²) in [6, 6.07) is 0. The minimum Gasteiger partial charge on any atom is -0.400 e. The van der Waals surface area contributed by atoms with Gasteiger partial charge in [0.15, 0.2) is 0 Å². The summed E-state index contributed by atoms with van der Waals surface area (Å²) < 4.78 is 0. The van der Waals surface area contributed by atoms with Crippen molar-refractivity contribution in [3.8, 4) is 0 Å². The van der Waals surface area contributed by atoms with Gasteiger partial charge in [-0.15, -0.1) is 12.4 Å². The highest BCUT2D eigenvalue weighted by Crippen LogP contribution is 1.43. The van der Waals surface area contributed by atoms with Crippen molar-refractivity contribution >= 4 is 12.4 Å². The Labute approximate surface area is 68.3 Å². The molecule has 0 aromatic rings. The van der Waals surface area contributed by atoms with Crippen molar-refractivity contribution in [2.75, 3.05) is 27.5 Å². The first-order valence-electron chi connectivity index (χ1n) is 2.62. The van der Waals surface area contributed by atoms with Gasteiger partial charge in [0.2, 0.25) is 0 Å². The number of hydrogen-bond acceptors (Lipinski definition) is 4. The summed E-state index contributed by atoms with van der Waals surface area (Å²) in [6.07, 6.45) is 0. The first-order valence-corrected chi connectivity index (χ1v) is 2.62. The fraction of sp³-hybridized carbons (Fsp3) is 1.00. The van der Waals surface area contributed by atoms with Crippen LogP contribution >= 0.6 is 12.4 Å². The van der Waals surface area contributed by atoms with Crippen LogP contribution in [0.15, 0.2) is 0 Å². The number of nitrogens with one attached hydrogen (secondary N) is 1. The molecule has 0 rings (SSSR count). The molecule has 0 amide bonds. The maximum absolute atomic E-state index is 7.96. The standard InChI is InChI=1S/C3H9NO.2CH4O.ClH/c1-2-4-3-5;2*1-2;/h4-5H,2-3H2,1H3;2*2H,1H3;1H. The summed E-state index contributed by atoms with van der Waals surface area (Å²) in [4.78, 5) is 0. The number of rotatable bonds is 2. The molecule has 0 aromatic heterocycles. The SMILES string of the molecule is CCNCO.CO.CO.Cl. The van der Waals surface area contributed by atoms with E-state index in [0.717, 1.165) is 20.8 Å². The Morgan fingerprint density at radius 3 is 1.40 bits per heavy atom. The minimum absolute atomic E-state index is 0. The molecular weight excluding hydrogens is 158 g/mol. The Morgan fingerprint density at radius 1 is 1.10 bits per heavy atom. The van der Waals surface area contributed by atoms with Crippen LogP contribution in [-0.4, -0.2) is 42.8 Å². The average molecular weight is 176 g/mol. The topological polar surface area (TPSA) is 72.7 Å². The van der Waals surface area contributed by atoms with E-state index in [9.17, 15) is 0 Å². The second-order valence-corrected chi connectivity index (χ2v) is 0.762. The van der Waals surface area contributed by atoms with Crippen LogP contribution in [-0.2, 0) is 0 Å². The molecule has 4 N–H and O–H groups in total. The van der Waals surface area contributed by atoms with E-state index in [2.05, 4.69) is 5.32 Å². The zero-order valence-corrected chi connectivity index (χ0v) is 7.48. The Bertz CT molecular complexity index is 24.4. The van der Waals surface area contributed by atoms with Crippen LogP contribution < -0.4 is 5.32 Å². The molecule has 10 heavy (non-hydrogen) atoms. The molecule has 0 spiro atoms. The van der Waals surface area contributed by atoms with Gasteiger partial charge in [-0.2, -0.15) is 0 Å². The van der Waals surface area contributed by atoms with Crippen LogP contribution in [0, 0.1) is 0 Å². The number of aliphatic hydroxyl groups is 3. The molecule has 0 radical (unpaired) electrons. The summed E-state index contributed by atoms with van der Waals surface area (Å²) >= 11 is 0. The highest BCUT2D eigenvalue weighted by molar-refractivity contribution is 5.85. The van der Waals surface area contributed by atoms with Crippen molar-refractivity contribution in [3.05, 3.63) is 0 Å². The molecule has 0 aliphatic rings. The predicted molar refractivity (Wildman–Crippen MR) is 44.3 cm³/mol. The first kappa shape index (κ1) is 22.5. The minimum atomic E-state index is 0. The Morgan fingerprint density at radius 2 is 1.40 bits per heavy atom. The van der Waals surface area contributed by atoms with Gasteiger partial charge in [-0.3, -0.25) is 5.32 Å². The molecule has 68 valence electrons. The van der Waals surface area contributed by atoms with Crippen LogP contribution in [0.25, 0.3) is 0 Å². The molecule has 0 fully saturated rings. The normalized spacial score (nSPS) is 5.40. The molecule has 0 saturated heterocycles. The number of aliphatic hydroxyl groups excluding tert-OH is 3. The van der Waals surface area contributed by atoms with Gasteiger partial charge < -0.3 is 15.3 Å². The summed E-state index contributed by atoms with van der Waals surface area (Å²) in [6.45, 7) is 2.88. The smallest absolute Gasteiger partial charge is 0.0931 e. The van der Waals surface area contributed by atoms with Crippen LogP contribution in [0.4, 0.5) is 0 Å². The monoisotopic (exact) mass is 175 g/mol. The molecule has 5 heteroatoms. The van der Waals surface area contributed by atoms with Gasteiger partial charge in [0.05, 0.1) is 6.73 Å². The van der Waals surface area contributed by atoms with Gasteiger partial charge in [0.25, 0.3) is 0 Å². The lowest BCUT2D eigenvalue weighted by molar-refractivity contribution is 0.264. The van der Waals surface area contributed by atoms with Crippen molar-refractivity contribution < 1.29 is 15.3 Å². The van der Waals surface area contributed by atoms with Crippen molar-refractivity contribution in [1.82, 2.24) is 5.32 Å². The van der Waals surface area contributed by atoms with Crippen molar-refractivity contribution in [2.24, 2.45) is 0 Å². The van der Waals surface area contributed by atoms with E-state index in [0.29, 0.717) is 0 Å². The van der Waals surface area contributed by atoms with E-state index in [-0.39, 0.29) is 19.1 Å². The summed E-state index contributed by atoms with van der Waals surface area (Å²) in [5, 5.41) is 24.6. The van der Waals surface area contributed by atoms with Crippen LogP contribution in [0.5, 0.6) is 0 Å². The second-order valence-electron chi connectivity index (χ2n) is 0.762. The largest absolute Gasteiger partial charge is 0.400 e. The van der Waals surface area contributed by atoms with Crippen LogP contribution in [0.2, 0.25) is 0 Å². The maximum Gasteiger partial charge on any atom is 0.0931 e. The Balaban J connectivity index is -0.0000000315. The highest BCUT2D eigenvalue weighted by Gasteiger charge is 1.63. The number of hydrogen-bond donors (Lipinski definition) is 4. The molecule has 0 aliphatic heterocycles. The zero-order valence-electron chi connectivity index (χ0n) is 6.66. The lowest BCUT2D eigenvalue weighted by atomic mass is 10.8. The summed E-state index contributed by atoms with van der Waals surface area (Å²) in [5.74, 6) is 0. The first-order chi connectivity index (χ1) is 4.41. The van der Waals surface area contributed by atoms with E-state index in [1.165, 1.54) is 0 Å². The van der Waals surface area contributed by atoms with Crippen molar-refractivity contribution in [3.63, 3.8) is 0 Å². The molecule has 0 bridgehead atoms. The van der Waals surface area contributed by atoms with Gasteiger partial charge >= 0.3 is 0 Å². The molecule has 0 aromatic carbocycles. The zero-order chi connectivity index (χ0) is 8.12. The molecule has 0 aliphatic carbocycles. The van der Waals surface area contributed by atoms with E-state index in [1.54, 1.807) is 0 Å². The van der Waals surface area contributed by atoms with Crippen LogP contribution in [0.1, 0.15) is 6.92 Å². The van der Waals surface area contributed by atoms with E-state index < -0.39 is 0 Å². The van der Waals surface area contributed by atoms with Crippen molar-refractivity contribution in [2.45, 2.75) is 6.92 Å².